The molecule has 3 nitrogen and oxygen atoms in total. The Morgan fingerprint density at radius 2 is 1.90 bits per heavy atom. The molecule has 1 heterocycles. The van der Waals surface area contributed by atoms with Crippen LogP contribution in [-0.2, 0) is 4.79 Å². The molecule has 1 amide bonds. The molecule has 0 spiro atoms. The number of carbonyl (C=O) groups is 1. The molecule has 1 saturated heterocycles. The number of rotatable bonds is 1. The smallest absolute Gasteiger partial charge is 0.228 e. The lowest BCUT2D eigenvalue weighted by atomic mass is 9.44. The molecule has 0 radical (unpaired) electrons. The number of β-amino-alcohol motifs (C(OH)–C–C–N with tert-alkyl or cyclic N) is 1. The van der Waals surface area contributed by atoms with Gasteiger partial charge >= 0.3 is 0 Å². The minimum atomic E-state index is -0.294. The van der Waals surface area contributed by atoms with E-state index in [0.717, 1.165) is 50.5 Å². The van der Waals surface area contributed by atoms with Crippen LogP contribution in [0.1, 0.15) is 58.3 Å². The Hall–Kier alpha value is -0.570. The van der Waals surface area contributed by atoms with Crippen molar-refractivity contribution < 1.29 is 9.90 Å². The summed E-state index contributed by atoms with van der Waals surface area (Å²) in [5.41, 5.74) is 0.365. The fraction of sp³-hybridized carbons (Fsp3) is 0.941. The van der Waals surface area contributed by atoms with E-state index in [2.05, 4.69) is 6.92 Å². The Bertz CT molecular complexity index is 419. The fourth-order valence-electron chi connectivity index (χ4n) is 6.45. The summed E-state index contributed by atoms with van der Waals surface area (Å²) in [6, 6.07) is 0. The number of hydrogen-bond acceptors (Lipinski definition) is 2. The summed E-state index contributed by atoms with van der Waals surface area (Å²) in [5, 5.41) is 9.87. The van der Waals surface area contributed by atoms with Gasteiger partial charge in [0, 0.05) is 13.1 Å². The first kappa shape index (κ1) is 13.1. The van der Waals surface area contributed by atoms with E-state index in [4.69, 9.17) is 0 Å². The molecular weight excluding hydrogens is 250 g/mol. The monoisotopic (exact) mass is 277 g/mol. The van der Waals surface area contributed by atoms with Crippen LogP contribution in [0.5, 0.6) is 0 Å². The zero-order valence-corrected chi connectivity index (χ0v) is 12.6. The minimum Gasteiger partial charge on any atom is -0.391 e. The largest absolute Gasteiger partial charge is 0.391 e. The molecule has 5 rings (SSSR count). The van der Waals surface area contributed by atoms with Crippen molar-refractivity contribution in [2.75, 3.05) is 13.1 Å². The lowest BCUT2D eigenvalue weighted by Crippen LogP contribution is -2.58. The summed E-state index contributed by atoms with van der Waals surface area (Å²) in [6.45, 7) is 3.86. The maximum Gasteiger partial charge on any atom is 0.228 e. The van der Waals surface area contributed by atoms with E-state index in [-0.39, 0.29) is 11.5 Å². The van der Waals surface area contributed by atoms with Crippen LogP contribution in [0.4, 0.5) is 0 Å². The van der Waals surface area contributed by atoms with E-state index in [0.29, 0.717) is 17.9 Å². The lowest BCUT2D eigenvalue weighted by molar-refractivity contribution is -0.168. The molecular formula is C17H27NO2. The van der Waals surface area contributed by atoms with Crippen molar-refractivity contribution in [3.05, 3.63) is 0 Å². The van der Waals surface area contributed by atoms with Crippen LogP contribution >= 0.6 is 0 Å². The number of carbonyl (C=O) groups excluding carboxylic acids is 1. The van der Waals surface area contributed by atoms with Gasteiger partial charge in [-0.25, -0.2) is 0 Å². The average molecular weight is 277 g/mol. The van der Waals surface area contributed by atoms with Crippen LogP contribution in [0, 0.1) is 22.7 Å². The van der Waals surface area contributed by atoms with Crippen LogP contribution in [0.25, 0.3) is 0 Å². The number of amides is 1. The molecule has 112 valence electrons. The molecule has 1 aliphatic heterocycles. The van der Waals surface area contributed by atoms with Gasteiger partial charge in [-0.3, -0.25) is 4.79 Å². The quantitative estimate of drug-likeness (QED) is 0.800. The predicted octanol–water partition coefficient (Wildman–Crippen LogP) is 2.58. The summed E-state index contributed by atoms with van der Waals surface area (Å²) in [4.78, 5) is 15.1. The molecule has 0 aromatic rings. The Labute approximate surface area is 121 Å². The molecule has 0 aromatic carbocycles. The van der Waals surface area contributed by atoms with Gasteiger partial charge in [-0.2, -0.15) is 0 Å². The highest BCUT2D eigenvalue weighted by Gasteiger charge is 2.59. The van der Waals surface area contributed by atoms with Crippen molar-refractivity contribution in [2.24, 2.45) is 22.7 Å². The molecule has 2 unspecified atom stereocenters. The van der Waals surface area contributed by atoms with E-state index < -0.39 is 0 Å². The number of nitrogens with zero attached hydrogens (tertiary/aromatic N) is 1. The molecule has 1 N–H and O–H groups in total. The van der Waals surface area contributed by atoms with Gasteiger partial charge in [-0.1, -0.05) is 6.92 Å². The van der Waals surface area contributed by atoms with Crippen LogP contribution in [0.2, 0.25) is 0 Å². The van der Waals surface area contributed by atoms with Crippen molar-refractivity contribution in [1.29, 1.82) is 0 Å². The molecule has 0 aromatic heterocycles. The summed E-state index contributed by atoms with van der Waals surface area (Å²) in [5.74, 6) is 1.97. The predicted molar refractivity (Wildman–Crippen MR) is 77.0 cm³/mol. The van der Waals surface area contributed by atoms with Gasteiger partial charge in [0.2, 0.25) is 5.91 Å². The number of likely N-dealkylation sites (tertiary alicyclic amines) is 1. The molecule has 4 saturated carbocycles. The number of aliphatic hydroxyl groups is 1. The fourth-order valence-corrected chi connectivity index (χ4v) is 6.45. The van der Waals surface area contributed by atoms with E-state index >= 15 is 0 Å². The van der Waals surface area contributed by atoms with Crippen molar-refractivity contribution in [1.82, 2.24) is 4.90 Å². The second-order valence-corrected chi connectivity index (χ2v) is 8.60. The Morgan fingerprint density at radius 1 is 1.20 bits per heavy atom. The molecule has 4 aliphatic carbocycles. The van der Waals surface area contributed by atoms with Gasteiger partial charge in [0.05, 0.1) is 11.5 Å². The topological polar surface area (TPSA) is 40.5 Å². The minimum absolute atomic E-state index is 0.0596. The average Bonchev–Trinajstić information content (AvgIpc) is 2.35. The first-order chi connectivity index (χ1) is 9.48. The second kappa shape index (κ2) is 4.22. The zero-order chi connectivity index (χ0) is 14.0. The summed E-state index contributed by atoms with van der Waals surface area (Å²) >= 11 is 0. The number of aliphatic hydroxyl groups excluding tert-OH is 1. The lowest BCUT2D eigenvalue weighted by Gasteiger charge is -2.61. The maximum atomic E-state index is 13.2. The maximum absolute atomic E-state index is 13.2. The first-order valence-electron chi connectivity index (χ1n) is 8.46. The van der Waals surface area contributed by atoms with E-state index in [1.165, 1.54) is 19.3 Å². The third-order valence-electron chi connectivity index (χ3n) is 6.49. The van der Waals surface area contributed by atoms with Crippen molar-refractivity contribution in [2.45, 2.75) is 64.4 Å². The normalized spacial score (nSPS) is 50.5. The molecule has 4 bridgehead atoms. The van der Waals surface area contributed by atoms with Gasteiger partial charge in [0.1, 0.15) is 0 Å². The Morgan fingerprint density at radius 3 is 2.50 bits per heavy atom. The third-order valence-corrected chi connectivity index (χ3v) is 6.49. The number of piperidine rings is 1. The molecule has 3 atom stereocenters. The summed E-state index contributed by atoms with van der Waals surface area (Å²) in [7, 11) is 0. The van der Waals surface area contributed by atoms with Gasteiger partial charge in [0.25, 0.3) is 0 Å². The van der Waals surface area contributed by atoms with E-state index in [9.17, 15) is 9.90 Å². The van der Waals surface area contributed by atoms with E-state index in [1.807, 2.05) is 4.90 Å². The van der Waals surface area contributed by atoms with Gasteiger partial charge < -0.3 is 10.0 Å². The van der Waals surface area contributed by atoms with Crippen molar-refractivity contribution in [3.63, 3.8) is 0 Å². The van der Waals surface area contributed by atoms with E-state index in [1.54, 1.807) is 0 Å². The van der Waals surface area contributed by atoms with Crippen LogP contribution < -0.4 is 0 Å². The van der Waals surface area contributed by atoms with Crippen LogP contribution in [-0.4, -0.2) is 35.1 Å². The molecule has 5 aliphatic rings. The van der Waals surface area contributed by atoms with Crippen molar-refractivity contribution >= 4 is 5.91 Å². The first-order valence-corrected chi connectivity index (χ1v) is 8.46. The van der Waals surface area contributed by atoms with Crippen LogP contribution in [0.3, 0.4) is 0 Å². The van der Waals surface area contributed by atoms with Crippen LogP contribution in [0.15, 0.2) is 0 Å². The number of hydrogen-bond donors (Lipinski definition) is 1. The standard InChI is InChI=1S/C17H27NO2/c1-16-6-12-5-13(7-16)9-17(8-12,11-16)15(20)18-4-2-3-14(19)10-18/h12-14,19H,2-11H2,1H3/t12?,13?,14-,16?,17?/m0/s1. The highest BCUT2D eigenvalue weighted by atomic mass is 16.3. The molecule has 5 fully saturated rings. The van der Waals surface area contributed by atoms with Crippen molar-refractivity contribution in [3.8, 4) is 0 Å². The Kier molecular flexibility index (Phi) is 2.77. The Balaban J connectivity index is 1.59. The second-order valence-electron chi connectivity index (χ2n) is 8.60. The molecule has 20 heavy (non-hydrogen) atoms. The highest BCUT2D eigenvalue weighted by molar-refractivity contribution is 5.83. The summed E-state index contributed by atoms with van der Waals surface area (Å²) in [6.07, 6.45) is 8.97. The van der Waals surface area contributed by atoms with Gasteiger partial charge in [-0.15, -0.1) is 0 Å². The SMILES string of the molecule is CC12CC3CC(C1)CC(C(=O)N1CCC[C@H](O)C1)(C3)C2. The van der Waals surface area contributed by atoms with Gasteiger partial charge in [0.15, 0.2) is 0 Å². The molecule has 3 heteroatoms. The zero-order valence-electron chi connectivity index (χ0n) is 12.6. The highest BCUT2D eigenvalue weighted by Crippen LogP contribution is 2.65. The van der Waals surface area contributed by atoms with Gasteiger partial charge in [-0.05, 0) is 68.6 Å². The third kappa shape index (κ3) is 1.93. The summed E-state index contributed by atoms with van der Waals surface area (Å²) < 4.78 is 0.